The van der Waals surface area contributed by atoms with Crippen molar-refractivity contribution in [2.24, 2.45) is 0 Å². The summed E-state index contributed by atoms with van der Waals surface area (Å²) in [6.07, 6.45) is -1.93. The molecule has 0 aliphatic heterocycles. The maximum Gasteiger partial charge on any atom is 0.404 e. The lowest BCUT2D eigenvalue weighted by atomic mass is 10.4. The fourth-order valence-corrected chi connectivity index (χ4v) is 1.75. The second-order valence-electron chi connectivity index (χ2n) is 4.27. The van der Waals surface area contributed by atoms with Gasteiger partial charge in [-0.25, -0.2) is 8.37 Å². The molecular formula is C12H22O6S. The van der Waals surface area contributed by atoms with Crippen LogP contribution in [-0.2, 0) is 28.2 Å². The van der Waals surface area contributed by atoms with E-state index in [-0.39, 0.29) is 13.2 Å². The Labute approximate surface area is 115 Å². The summed E-state index contributed by atoms with van der Waals surface area (Å²) >= 11 is 0. The molecule has 0 radical (unpaired) electrons. The van der Waals surface area contributed by atoms with Crippen LogP contribution in [-0.4, -0.2) is 34.2 Å². The molecule has 112 valence electrons. The lowest BCUT2D eigenvalue weighted by molar-refractivity contribution is -0.0917. The summed E-state index contributed by atoms with van der Waals surface area (Å²) in [5.74, 6) is 0. The maximum absolute atomic E-state index is 11.5. The molecule has 0 N–H and O–H groups in total. The van der Waals surface area contributed by atoms with E-state index in [9.17, 15) is 8.42 Å². The van der Waals surface area contributed by atoms with Crippen molar-refractivity contribution in [1.29, 1.82) is 0 Å². The molecule has 0 saturated heterocycles. The van der Waals surface area contributed by atoms with Crippen LogP contribution in [0.4, 0.5) is 0 Å². The van der Waals surface area contributed by atoms with Gasteiger partial charge in [-0.2, -0.15) is 8.42 Å². The van der Waals surface area contributed by atoms with E-state index < -0.39 is 23.0 Å². The highest BCUT2D eigenvalue weighted by Gasteiger charge is 2.21. The molecule has 2 atom stereocenters. The molecule has 0 aliphatic rings. The molecule has 7 heteroatoms. The fraction of sp³-hybridized carbons (Fsp3) is 0.667. The zero-order valence-electron chi connectivity index (χ0n) is 11.8. The Morgan fingerprint density at radius 2 is 1.26 bits per heavy atom. The zero-order valence-corrected chi connectivity index (χ0v) is 12.7. The van der Waals surface area contributed by atoms with Gasteiger partial charge in [0.1, 0.15) is 0 Å². The van der Waals surface area contributed by atoms with Crippen molar-refractivity contribution in [1.82, 2.24) is 0 Å². The second kappa shape index (κ2) is 8.44. The Bertz CT molecular complexity index is 368. The van der Waals surface area contributed by atoms with Gasteiger partial charge in [0, 0.05) is 0 Å². The summed E-state index contributed by atoms with van der Waals surface area (Å²) in [5.41, 5.74) is 1.51. The van der Waals surface area contributed by atoms with Crippen molar-refractivity contribution in [3.05, 3.63) is 24.3 Å². The SMILES string of the molecule is C=C(C)COC(C)OS(=O)(=O)OC(C)OCC(=C)C. The van der Waals surface area contributed by atoms with E-state index >= 15 is 0 Å². The van der Waals surface area contributed by atoms with Gasteiger partial charge in [-0.3, -0.25) is 0 Å². The van der Waals surface area contributed by atoms with E-state index in [0.29, 0.717) is 0 Å². The Hall–Kier alpha value is -0.730. The monoisotopic (exact) mass is 294 g/mol. The van der Waals surface area contributed by atoms with Gasteiger partial charge < -0.3 is 9.47 Å². The Kier molecular flexibility index (Phi) is 8.12. The van der Waals surface area contributed by atoms with Gasteiger partial charge in [0.15, 0.2) is 12.6 Å². The summed E-state index contributed by atoms with van der Waals surface area (Å²) in [6, 6.07) is 0. The molecular weight excluding hydrogens is 272 g/mol. The van der Waals surface area contributed by atoms with Gasteiger partial charge in [-0.15, -0.1) is 0 Å². The van der Waals surface area contributed by atoms with Crippen LogP contribution < -0.4 is 0 Å². The molecule has 0 fully saturated rings. The highest BCUT2D eigenvalue weighted by atomic mass is 32.3. The smallest absolute Gasteiger partial charge is 0.347 e. The predicted molar refractivity (Wildman–Crippen MR) is 71.5 cm³/mol. The lowest BCUT2D eigenvalue weighted by Gasteiger charge is -2.16. The summed E-state index contributed by atoms with van der Waals surface area (Å²) < 4.78 is 42.4. The molecule has 0 spiro atoms. The standard InChI is InChI=1S/C12H22O6S/c1-9(2)7-15-11(5)17-19(13,14)18-12(6)16-8-10(3)4/h11-12H,1,3,7-8H2,2,4-6H3. The number of ether oxygens (including phenoxy) is 2. The van der Waals surface area contributed by atoms with Gasteiger partial charge in [-0.05, 0) is 27.7 Å². The fourth-order valence-electron chi connectivity index (χ4n) is 0.929. The lowest BCUT2D eigenvalue weighted by Crippen LogP contribution is -2.25. The Morgan fingerprint density at radius 1 is 0.947 bits per heavy atom. The number of hydrogen-bond donors (Lipinski definition) is 0. The molecule has 0 saturated carbocycles. The topological polar surface area (TPSA) is 71.1 Å². The molecule has 0 aliphatic carbocycles. The molecule has 0 rings (SSSR count). The van der Waals surface area contributed by atoms with Crippen molar-refractivity contribution < 1.29 is 26.3 Å². The van der Waals surface area contributed by atoms with Crippen LogP contribution >= 0.6 is 0 Å². The third kappa shape index (κ3) is 10.8. The van der Waals surface area contributed by atoms with Crippen LogP contribution in [0.5, 0.6) is 0 Å². The normalized spacial score (nSPS) is 14.9. The van der Waals surface area contributed by atoms with Crippen LogP contribution in [0.15, 0.2) is 24.3 Å². The third-order valence-corrected chi connectivity index (χ3v) is 2.65. The predicted octanol–water partition coefficient (Wildman–Crippen LogP) is 2.14. The largest absolute Gasteiger partial charge is 0.404 e. The first-order valence-corrected chi connectivity index (χ1v) is 7.09. The summed E-state index contributed by atoms with van der Waals surface area (Å²) in [4.78, 5) is 0. The van der Waals surface area contributed by atoms with E-state index in [2.05, 4.69) is 21.5 Å². The maximum atomic E-state index is 11.5. The number of hydrogen-bond acceptors (Lipinski definition) is 6. The van der Waals surface area contributed by atoms with Gasteiger partial charge in [0.2, 0.25) is 0 Å². The first kappa shape index (κ1) is 18.3. The highest BCUT2D eigenvalue weighted by molar-refractivity contribution is 7.81. The Balaban J connectivity index is 4.16. The average molecular weight is 294 g/mol. The minimum absolute atomic E-state index is 0.207. The minimum atomic E-state index is -4.19. The van der Waals surface area contributed by atoms with E-state index in [0.717, 1.165) is 11.1 Å². The summed E-state index contributed by atoms with van der Waals surface area (Å²) in [5, 5.41) is 0. The van der Waals surface area contributed by atoms with Crippen LogP contribution in [0, 0.1) is 0 Å². The minimum Gasteiger partial charge on any atom is -0.347 e. The quantitative estimate of drug-likeness (QED) is 0.454. The summed E-state index contributed by atoms with van der Waals surface area (Å²) in [6.45, 7) is 14.1. The molecule has 0 heterocycles. The second-order valence-corrected chi connectivity index (χ2v) is 5.47. The van der Waals surface area contributed by atoms with Crippen LogP contribution in [0.3, 0.4) is 0 Å². The number of rotatable bonds is 10. The van der Waals surface area contributed by atoms with Gasteiger partial charge in [-0.1, -0.05) is 24.3 Å². The highest BCUT2D eigenvalue weighted by Crippen LogP contribution is 2.09. The van der Waals surface area contributed by atoms with Gasteiger partial charge >= 0.3 is 10.4 Å². The molecule has 0 aromatic rings. The first-order valence-electron chi connectivity index (χ1n) is 5.76. The van der Waals surface area contributed by atoms with E-state index in [1.807, 2.05) is 0 Å². The third-order valence-electron chi connectivity index (χ3n) is 1.64. The van der Waals surface area contributed by atoms with E-state index in [1.54, 1.807) is 13.8 Å². The molecule has 0 bridgehead atoms. The first-order chi connectivity index (χ1) is 8.62. The average Bonchev–Trinajstić information content (AvgIpc) is 2.22. The van der Waals surface area contributed by atoms with Crippen LogP contribution in [0.25, 0.3) is 0 Å². The van der Waals surface area contributed by atoms with Crippen LogP contribution in [0.2, 0.25) is 0 Å². The zero-order chi connectivity index (χ0) is 15.1. The molecule has 0 amide bonds. The molecule has 0 aromatic heterocycles. The van der Waals surface area contributed by atoms with Gasteiger partial charge in [0.25, 0.3) is 0 Å². The van der Waals surface area contributed by atoms with Crippen molar-refractivity contribution in [3.63, 3.8) is 0 Å². The molecule has 0 aromatic carbocycles. The summed E-state index contributed by atoms with van der Waals surface area (Å²) in [7, 11) is -4.19. The van der Waals surface area contributed by atoms with E-state index in [1.165, 1.54) is 13.8 Å². The van der Waals surface area contributed by atoms with Crippen molar-refractivity contribution in [2.45, 2.75) is 40.3 Å². The molecule has 2 unspecified atom stereocenters. The van der Waals surface area contributed by atoms with E-state index in [4.69, 9.17) is 9.47 Å². The Morgan fingerprint density at radius 3 is 1.53 bits per heavy atom. The van der Waals surface area contributed by atoms with Crippen molar-refractivity contribution >= 4 is 10.4 Å². The van der Waals surface area contributed by atoms with Crippen molar-refractivity contribution in [2.75, 3.05) is 13.2 Å². The molecule has 19 heavy (non-hydrogen) atoms. The van der Waals surface area contributed by atoms with Crippen molar-refractivity contribution in [3.8, 4) is 0 Å². The van der Waals surface area contributed by atoms with Crippen LogP contribution in [0.1, 0.15) is 27.7 Å². The molecule has 6 nitrogen and oxygen atoms in total. The van der Waals surface area contributed by atoms with Gasteiger partial charge in [0.05, 0.1) is 13.2 Å².